The summed E-state index contributed by atoms with van der Waals surface area (Å²) in [5, 5.41) is 0. The molecule has 0 aliphatic carbocycles. The molecule has 0 N–H and O–H groups in total. The van der Waals surface area contributed by atoms with Crippen LogP contribution in [0.4, 0.5) is 0 Å². The molecule has 0 fully saturated rings. The second kappa shape index (κ2) is 11.9. The lowest BCUT2D eigenvalue weighted by molar-refractivity contribution is -0.139. The molecule has 27 heavy (non-hydrogen) atoms. The van der Waals surface area contributed by atoms with Gasteiger partial charge < -0.3 is 13.4 Å². The van der Waals surface area contributed by atoms with Gasteiger partial charge in [-0.2, -0.15) is 0 Å². The second-order valence-electron chi connectivity index (χ2n) is 9.48. The van der Waals surface area contributed by atoms with Crippen LogP contribution >= 0.6 is 0 Å². The minimum absolute atomic E-state index is 0.0273. The van der Waals surface area contributed by atoms with Gasteiger partial charge in [0.1, 0.15) is 8.24 Å². The average Bonchev–Trinajstić information content (AvgIpc) is 2.57. The summed E-state index contributed by atoms with van der Waals surface area (Å²) in [6, 6.07) is 4.24. The van der Waals surface area contributed by atoms with Crippen molar-refractivity contribution in [1.82, 2.24) is 4.57 Å². The quantitative estimate of drug-likeness (QED) is 0.318. The summed E-state index contributed by atoms with van der Waals surface area (Å²) < 4.78 is 14.7. The van der Waals surface area contributed by atoms with Gasteiger partial charge in [-0.15, -0.1) is 0 Å². The van der Waals surface area contributed by atoms with Gasteiger partial charge in [-0.05, 0) is 57.2 Å². The van der Waals surface area contributed by atoms with Crippen LogP contribution in [-0.4, -0.2) is 55.1 Å². The van der Waals surface area contributed by atoms with Crippen LogP contribution in [-0.2, 0) is 13.6 Å². The van der Waals surface area contributed by atoms with E-state index in [1.807, 2.05) is 0 Å². The topological polar surface area (TPSA) is 38.8 Å². The fourth-order valence-electron chi connectivity index (χ4n) is 3.54. The largest absolute Gasteiger partial charge is 0.519 e. The molecule has 0 saturated carbocycles. The van der Waals surface area contributed by atoms with Gasteiger partial charge >= 0.3 is 0 Å². The van der Waals surface area contributed by atoms with Crippen LogP contribution in [0.15, 0.2) is 0 Å². The minimum atomic E-state index is -1.87. The predicted molar refractivity (Wildman–Crippen MR) is 126 cm³/mol. The van der Waals surface area contributed by atoms with Gasteiger partial charge in [0.15, 0.2) is 8.32 Å². The number of nitrogens with zero attached hydrogens (tertiary/aromatic N) is 1. The van der Waals surface area contributed by atoms with Crippen molar-refractivity contribution in [2.75, 3.05) is 19.7 Å². The minimum Gasteiger partial charge on any atom is -0.519 e. The van der Waals surface area contributed by atoms with E-state index in [9.17, 15) is 4.79 Å². The van der Waals surface area contributed by atoms with Crippen molar-refractivity contribution in [2.45, 2.75) is 98.0 Å². The van der Waals surface area contributed by atoms with Gasteiger partial charge in [0.25, 0.3) is 14.3 Å². The van der Waals surface area contributed by atoms with E-state index < -0.39 is 24.9 Å². The van der Waals surface area contributed by atoms with Crippen molar-refractivity contribution in [3.63, 3.8) is 0 Å². The van der Waals surface area contributed by atoms with Gasteiger partial charge in [-0.1, -0.05) is 47.3 Å². The fraction of sp³-hybridized carbons (Fsp3) is 0.950. The number of carbonyl (C=O) groups is 1. The molecular weight excluding hydrogens is 386 g/mol. The van der Waals surface area contributed by atoms with Crippen LogP contribution in [0.25, 0.3) is 0 Å². The van der Waals surface area contributed by atoms with Crippen LogP contribution in [0.5, 0.6) is 0 Å². The van der Waals surface area contributed by atoms with E-state index in [1.54, 1.807) is 0 Å². The van der Waals surface area contributed by atoms with E-state index in [4.69, 9.17) is 8.85 Å². The molecule has 0 heterocycles. The second-order valence-corrected chi connectivity index (χ2v) is 23.5. The Morgan fingerprint density at radius 2 is 1.48 bits per heavy atom. The molecule has 1 unspecified atom stereocenters. The molecule has 0 aromatic heterocycles. The fourth-order valence-corrected chi connectivity index (χ4v) is 9.69. The highest BCUT2D eigenvalue weighted by molar-refractivity contribution is 6.75. The van der Waals surface area contributed by atoms with Crippen LogP contribution in [0.1, 0.15) is 41.0 Å². The monoisotopic (exact) mass is 433 g/mol. The molecular formula is C20H47NO3Si3. The number of hydrogen-bond acceptors (Lipinski definition) is 4. The molecule has 7 heteroatoms. The summed E-state index contributed by atoms with van der Waals surface area (Å²) in [7, 11) is -4.88. The Morgan fingerprint density at radius 1 is 0.963 bits per heavy atom. The zero-order valence-electron chi connectivity index (χ0n) is 19.9. The molecule has 1 atom stereocenters. The number of rotatable bonds is 14. The zero-order valence-corrected chi connectivity index (χ0v) is 22.9. The summed E-state index contributed by atoms with van der Waals surface area (Å²) in [6.07, 6.45) is 1.16. The van der Waals surface area contributed by atoms with Crippen molar-refractivity contribution in [3.8, 4) is 0 Å². The van der Waals surface area contributed by atoms with E-state index >= 15 is 0 Å². The van der Waals surface area contributed by atoms with E-state index in [2.05, 4.69) is 71.9 Å². The van der Waals surface area contributed by atoms with Gasteiger partial charge in [-0.3, -0.25) is 4.79 Å². The van der Waals surface area contributed by atoms with Crippen molar-refractivity contribution >= 4 is 30.8 Å². The van der Waals surface area contributed by atoms with Crippen LogP contribution < -0.4 is 0 Å². The Labute approximate surface area is 172 Å². The van der Waals surface area contributed by atoms with E-state index in [-0.39, 0.29) is 11.9 Å². The predicted octanol–water partition coefficient (Wildman–Crippen LogP) is 5.94. The first-order chi connectivity index (χ1) is 12.4. The molecule has 0 bridgehead atoms. The van der Waals surface area contributed by atoms with Crippen molar-refractivity contribution < 1.29 is 13.6 Å². The lowest BCUT2D eigenvalue weighted by Gasteiger charge is -2.37. The third-order valence-corrected chi connectivity index (χ3v) is 15.3. The summed E-state index contributed by atoms with van der Waals surface area (Å²) >= 11 is 0. The molecule has 0 radical (unpaired) electrons. The molecule has 0 saturated heterocycles. The smallest absolute Gasteiger partial charge is 0.296 e. The van der Waals surface area contributed by atoms with Crippen molar-refractivity contribution in [3.05, 3.63) is 0 Å². The summed E-state index contributed by atoms with van der Waals surface area (Å²) in [4.78, 5) is 12.8. The number of hydrogen-bond donors (Lipinski definition) is 0. The summed E-state index contributed by atoms with van der Waals surface area (Å²) in [5.41, 5.74) is 0. The Balaban J connectivity index is 4.87. The Hall–Kier alpha value is 0.0406. The molecule has 162 valence electrons. The van der Waals surface area contributed by atoms with Gasteiger partial charge in [0, 0.05) is 13.2 Å². The molecule has 0 aliphatic heterocycles. The molecule has 0 aliphatic rings. The van der Waals surface area contributed by atoms with Gasteiger partial charge in [0.2, 0.25) is 0 Å². The number of carbonyl (C=O) groups excluding carboxylic acids is 1. The SMILES string of the molecule is CCO[Si](C)(C)CCCN(CC(C)C(=O)O[Si](CC)(CC)CC)[Si](C)(C)C. The van der Waals surface area contributed by atoms with Crippen LogP contribution in [0, 0.1) is 5.92 Å². The first-order valence-corrected chi connectivity index (χ1v) is 20.1. The molecule has 0 spiro atoms. The Kier molecular flexibility index (Phi) is 11.9. The summed E-state index contributed by atoms with van der Waals surface area (Å²) in [5.74, 6) is -0.0233. The van der Waals surface area contributed by atoms with E-state index in [0.29, 0.717) is 0 Å². The highest BCUT2D eigenvalue weighted by Crippen LogP contribution is 2.24. The summed E-state index contributed by atoms with van der Waals surface area (Å²) in [6.45, 7) is 25.1. The Bertz CT molecular complexity index is 426. The first kappa shape index (κ1) is 27.0. The van der Waals surface area contributed by atoms with E-state index in [0.717, 1.165) is 44.2 Å². The average molecular weight is 434 g/mol. The van der Waals surface area contributed by atoms with Crippen LogP contribution in [0.2, 0.25) is 56.9 Å². The van der Waals surface area contributed by atoms with E-state index in [1.165, 1.54) is 6.04 Å². The van der Waals surface area contributed by atoms with Crippen LogP contribution in [0.3, 0.4) is 0 Å². The molecule has 0 amide bonds. The maximum Gasteiger partial charge on any atom is 0.296 e. The molecule has 4 nitrogen and oxygen atoms in total. The zero-order chi connectivity index (χ0) is 21.3. The normalized spacial score (nSPS) is 14.5. The highest BCUT2D eigenvalue weighted by Gasteiger charge is 2.35. The van der Waals surface area contributed by atoms with Crippen molar-refractivity contribution in [1.29, 1.82) is 0 Å². The standard InChI is InChI=1S/C20H47NO3Si3/c1-11-23-26(9,10)17-15-16-21(25(6,7)8)18-19(5)20(22)24-27(12-2,13-3)14-4/h19H,11-18H2,1-10H3. The lowest BCUT2D eigenvalue weighted by atomic mass is 10.2. The third-order valence-electron chi connectivity index (χ3n) is 5.84. The van der Waals surface area contributed by atoms with Gasteiger partial charge in [-0.25, -0.2) is 0 Å². The maximum atomic E-state index is 12.8. The lowest BCUT2D eigenvalue weighted by Crippen LogP contribution is -2.50. The third kappa shape index (κ3) is 9.87. The maximum absolute atomic E-state index is 12.8. The first-order valence-electron chi connectivity index (χ1n) is 11.0. The molecule has 0 rings (SSSR count). The Morgan fingerprint density at radius 3 is 1.89 bits per heavy atom. The highest BCUT2D eigenvalue weighted by atomic mass is 28.4. The van der Waals surface area contributed by atoms with Crippen molar-refractivity contribution in [2.24, 2.45) is 5.92 Å². The molecule has 0 aromatic rings. The molecule has 0 aromatic carbocycles. The van der Waals surface area contributed by atoms with Gasteiger partial charge in [0.05, 0.1) is 5.92 Å².